The largest absolute Gasteiger partial charge is 0.455 e. The van der Waals surface area contributed by atoms with Gasteiger partial charge in [-0.25, -0.2) is 0 Å². The average molecular weight is 613 g/mol. The Kier molecular flexibility index (Phi) is 5.91. The molecule has 0 saturated heterocycles. The highest BCUT2D eigenvalue weighted by Gasteiger charge is 2.26. The van der Waals surface area contributed by atoms with Crippen LogP contribution in [0.5, 0.6) is 0 Å². The molecule has 0 aliphatic rings. The van der Waals surface area contributed by atoms with Gasteiger partial charge in [0.15, 0.2) is 0 Å². The summed E-state index contributed by atoms with van der Waals surface area (Å²) in [5, 5.41) is 7.87. The lowest BCUT2D eigenvalue weighted by Crippen LogP contribution is -1.91. The molecule has 10 rings (SSSR count). The Morgan fingerprint density at radius 2 is 0.750 bits per heavy atom. The zero-order chi connectivity index (χ0) is 31.6. The van der Waals surface area contributed by atoms with E-state index >= 15 is 0 Å². The van der Waals surface area contributed by atoms with Crippen molar-refractivity contribution in [2.45, 2.75) is 0 Å². The van der Waals surface area contributed by atoms with Gasteiger partial charge in [0.05, 0.1) is 5.39 Å². The molecule has 2 heteroatoms. The molecule has 2 nitrogen and oxygen atoms in total. The molecule has 8 aromatic carbocycles. The summed E-state index contributed by atoms with van der Waals surface area (Å²) < 4.78 is 13.6. The first-order valence-electron chi connectivity index (χ1n) is 16.4. The molecular weight excluding hydrogens is 585 g/mol. The molecule has 0 bridgehead atoms. The van der Waals surface area contributed by atoms with Crippen LogP contribution in [0.2, 0.25) is 0 Å². The molecule has 0 radical (unpaired) electrons. The fraction of sp³-hybridized carbons (Fsp3) is 0. The Morgan fingerprint density at radius 3 is 1.40 bits per heavy atom. The molecular formula is C46H28O2. The van der Waals surface area contributed by atoms with Crippen LogP contribution in [0.1, 0.15) is 0 Å². The van der Waals surface area contributed by atoms with Gasteiger partial charge in [-0.15, -0.1) is 0 Å². The highest BCUT2D eigenvalue weighted by atomic mass is 16.3. The van der Waals surface area contributed by atoms with Gasteiger partial charge in [0, 0.05) is 21.9 Å². The smallest absolute Gasteiger partial charge is 0.147 e. The van der Waals surface area contributed by atoms with Crippen LogP contribution in [0, 0.1) is 0 Å². The van der Waals surface area contributed by atoms with E-state index in [1.165, 1.54) is 33.0 Å². The van der Waals surface area contributed by atoms with Crippen molar-refractivity contribution in [3.8, 4) is 44.7 Å². The van der Waals surface area contributed by atoms with E-state index in [2.05, 4.69) is 158 Å². The minimum atomic E-state index is 0.809. The maximum Gasteiger partial charge on any atom is 0.147 e. The number of hydrogen-bond donors (Lipinski definition) is 0. The van der Waals surface area contributed by atoms with Gasteiger partial charge in [-0.05, 0) is 67.6 Å². The molecule has 0 atom stereocenters. The Morgan fingerprint density at radius 1 is 0.271 bits per heavy atom. The molecule has 0 fully saturated rings. The predicted octanol–water partition coefficient (Wildman–Crippen LogP) is 13.3. The molecule has 0 spiro atoms. The summed E-state index contributed by atoms with van der Waals surface area (Å²) in [6.45, 7) is 0. The van der Waals surface area contributed by atoms with Crippen LogP contribution in [0.25, 0.3) is 99.2 Å². The van der Waals surface area contributed by atoms with Crippen molar-refractivity contribution in [2.75, 3.05) is 0 Å². The van der Waals surface area contributed by atoms with Crippen LogP contribution in [0.15, 0.2) is 179 Å². The molecule has 2 aromatic heterocycles. The van der Waals surface area contributed by atoms with E-state index < -0.39 is 0 Å². The van der Waals surface area contributed by atoms with E-state index in [-0.39, 0.29) is 0 Å². The molecule has 0 aliphatic carbocycles. The summed E-state index contributed by atoms with van der Waals surface area (Å²) in [4.78, 5) is 0. The lowest BCUT2D eigenvalue weighted by molar-refractivity contribution is 0.633. The fourth-order valence-electron chi connectivity index (χ4n) is 7.57. The number of rotatable bonds is 4. The van der Waals surface area contributed by atoms with Crippen molar-refractivity contribution >= 4 is 54.5 Å². The van der Waals surface area contributed by atoms with E-state index in [0.717, 1.165) is 66.1 Å². The molecule has 0 saturated carbocycles. The first kappa shape index (κ1) is 26.8. The minimum Gasteiger partial charge on any atom is -0.455 e. The van der Waals surface area contributed by atoms with Crippen LogP contribution < -0.4 is 0 Å². The topological polar surface area (TPSA) is 26.3 Å². The van der Waals surface area contributed by atoms with Crippen molar-refractivity contribution in [1.29, 1.82) is 0 Å². The van der Waals surface area contributed by atoms with Crippen LogP contribution >= 0.6 is 0 Å². The van der Waals surface area contributed by atoms with Crippen molar-refractivity contribution in [3.63, 3.8) is 0 Å². The predicted molar refractivity (Wildman–Crippen MR) is 200 cm³/mol. The zero-order valence-electron chi connectivity index (χ0n) is 26.0. The van der Waals surface area contributed by atoms with Crippen molar-refractivity contribution < 1.29 is 8.83 Å². The van der Waals surface area contributed by atoms with Gasteiger partial charge in [0.2, 0.25) is 0 Å². The van der Waals surface area contributed by atoms with E-state index in [0.29, 0.717) is 0 Å². The Bertz CT molecular complexity index is 2750. The second-order valence-electron chi connectivity index (χ2n) is 12.4. The van der Waals surface area contributed by atoms with Crippen LogP contribution in [0.3, 0.4) is 0 Å². The third kappa shape index (κ3) is 4.00. The monoisotopic (exact) mass is 612 g/mol. The standard InChI is InChI=1S/C46H28O2/c1-3-13-29(14-4-1)30-23-25-32(26-24-30)41-34-18-7-9-20-36(34)43(37-21-10-8-19-35(37)41)46-42(31-15-5-2-6-16-31)44-40(48-46)28-27-38-33-17-11-12-22-39(33)47-45(38)44/h1-28H. The van der Waals surface area contributed by atoms with E-state index in [4.69, 9.17) is 8.83 Å². The molecule has 0 N–H and O–H groups in total. The number of para-hydroxylation sites is 1. The van der Waals surface area contributed by atoms with Crippen molar-refractivity contribution in [3.05, 3.63) is 170 Å². The summed E-state index contributed by atoms with van der Waals surface area (Å²) in [5.74, 6) is 0.850. The summed E-state index contributed by atoms with van der Waals surface area (Å²) >= 11 is 0. The number of furan rings is 2. The SMILES string of the molecule is c1ccc(-c2ccc(-c3c4ccccc4c(-c4oc5ccc6c7ccccc7oc6c5c4-c4ccccc4)c4ccccc34)cc2)cc1. The molecule has 48 heavy (non-hydrogen) atoms. The normalized spacial score (nSPS) is 11.8. The number of hydrogen-bond acceptors (Lipinski definition) is 2. The van der Waals surface area contributed by atoms with E-state index in [1.54, 1.807) is 0 Å². The summed E-state index contributed by atoms with van der Waals surface area (Å²) in [5.41, 5.74) is 10.6. The maximum atomic E-state index is 7.01. The lowest BCUT2D eigenvalue weighted by atomic mass is 9.85. The zero-order valence-corrected chi connectivity index (χ0v) is 26.0. The molecule has 224 valence electrons. The van der Waals surface area contributed by atoms with Gasteiger partial charge in [-0.1, -0.05) is 152 Å². The van der Waals surface area contributed by atoms with Gasteiger partial charge in [-0.2, -0.15) is 0 Å². The van der Waals surface area contributed by atoms with Crippen LogP contribution in [-0.4, -0.2) is 0 Å². The van der Waals surface area contributed by atoms with Crippen molar-refractivity contribution in [2.24, 2.45) is 0 Å². The van der Waals surface area contributed by atoms with Crippen LogP contribution in [-0.2, 0) is 0 Å². The second-order valence-corrected chi connectivity index (χ2v) is 12.4. The number of fused-ring (bicyclic) bond motifs is 7. The van der Waals surface area contributed by atoms with E-state index in [1.807, 2.05) is 12.1 Å². The van der Waals surface area contributed by atoms with Gasteiger partial charge in [-0.3, -0.25) is 0 Å². The second kappa shape index (κ2) is 10.6. The first-order valence-corrected chi connectivity index (χ1v) is 16.4. The van der Waals surface area contributed by atoms with Crippen LogP contribution in [0.4, 0.5) is 0 Å². The Balaban J connectivity index is 1.30. The third-order valence-corrected chi connectivity index (χ3v) is 9.70. The van der Waals surface area contributed by atoms with Gasteiger partial charge in [0.1, 0.15) is 22.5 Å². The first-order chi connectivity index (χ1) is 23.8. The summed E-state index contributed by atoms with van der Waals surface area (Å²) in [6, 6.07) is 60.1. The van der Waals surface area contributed by atoms with E-state index in [9.17, 15) is 0 Å². The third-order valence-electron chi connectivity index (χ3n) is 9.70. The molecule has 0 amide bonds. The van der Waals surface area contributed by atoms with Crippen molar-refractivity contribution in [1.82, 2.24) is 0 Å². The van der Waals surface area contributed by atoms with Gasteiger partial charge in [0.25, 0.3) is 0 Å². The molecule has 2 heterocycles. The number of benzene rings is 8. The Labute approximate surface area is 277 Å². The summed E-state index contributed by atoms with van der Waals surface area (Å²) in [7, 11) is 0. The maximum absolute atomic E-state index is 7.01. The fourth-order valence-corrected chi connectivity index (χ4v) is 7.57. The summed E-state index contributed by atoms with van der Waals surface area (Å²) in [6.07, 6.45) is 0. The minimum absolute atomic E-state index is 0.809. The highest BCUT2D eigenvalue weighted by molar-refractivity contribution is 6.25. The molecule has 0 aliphatic heterocycles. The molecule has 0 unspecified atom stereocenters. The lowest BCUT2D eigenvalue weighted by Gasteiger charge is -2.17. The highest BCUT2D eigenvalue weighted by Crippen LogP contribution is 2.51. The van der Waals surface area contributed by atoms with Gasteiger partial charge < -0.3 is 8.83 Å². The quantitative estimate of drug-likeness (QED) is 0.185. The average Bonchev–Trinajstić information content (AvgIpc) is 3.73. The van der Waals surface area contributed by atoms with Gasteiger partial charge >= 0.3 is 0 Å². The molecule has 10 aromatic rings. The Hall–Kier alpha value is -6.38.